The molecule has 138 valence electrons. The molecule has 0 aliphatic carbocycles. The van der Waals surface area contributed by atoms with Gasteiger partial charge in [-0.3, -0.25) is 15.3 Å². The van der Waals surface area contributed by atoms with Gasteiger partial charge in [-0.25, -0.2) is 4.68 Å². The highest BCUT2D eigenvalue weighted by atomic mass is 32.1. The molecule has 3 rings (SSSR count). The molecule has 0 atom stereocenters. The third-order valence-electron chi connectivity index (χ3n) is 3.98. The zero-order valence-electron chi connectivity index (χ0n) is 15.2. The largest absolute Gasteiger partial charge is 0.362 e. The van der Waals surface area contributed by atoms with Crippen molar-refractivity contribution in [2.45, 2.75) is 13.8 Å². The summed E-state index contributed by atoms with van der Waals surface area (Å²) in [5.74, 6) is 0. The van der Waals surface area contributed by atoms with E-state index in [0.29, 0.717) is 22.9 Å². The highest BCUT2D eigenvalue weighted by Gasteiger charge is 2.19. The van der Waals surface area contributed by atoms with Crippen LogP contribution < -0.4 is 16.3 Å². The lowest BCUT2D eigenvalue weighted by molar-refractivity contribution is 0.835. The number of hydrazone groups is 1. The summed E-state index contributed by atoms with van der Waals surface area (Å²) in [6.07, 6.45) is 0. The number of rotatable bonds is 5. The first-order chi connectivity index (χ1) is 13.1. The Bertz CT molecular complexity index is 1010. The van der Waals surface area contributed by atoms with Crippen LogP contribution in [0.5, 0.6) is 0 Å². The molecule has 0 amide bonds. The van der Waals surface area contributed by atoms with Crippen LogP contribution in [-0.4, -0.2) is 27.1 Å². The first-order valence-corrected chi connectivity index (χ1v) is 9.07. The van der Waals surface area contributed by atoms with Gasteiger partial charge < -0.3 is 5.32 Å². The third kappa shape index (κ3) is 4.15. The lowest BCUT2D eigenvalue weighted by atomic mass is 10.0. The molecule has 0 radical (unpaired) electrons. The van der Waals surface area contributed by atoms with Crippen LogP contribution in [0, 0.1) is 6.92 Å². The second-order valence-electron chi connectivity index (χ2n) is 5.89. The van der Waals surface area contributed by atoms with Gasteiger partial charge >= 0.3 is 0 Å². The summed E-state index contributed by atoms with van der Waals surface area (Å²) in [7, 11) is 0. The van der Waals surface area contributed by atoms with E-state index in [9.17, 15) is 4.79 Å². The molecule has 0 bridgehead atoms. The van der Waals surface area contributed by atoms with Gasteiger partial charge in [-0.05, 0) is 38.2 Å². The predicted octanol–water partition coefficient (Wildman–Crippen LogP) is 2.71. The number of hydrogen-bond acceptors (Lipinski definition) is 3. The van der Waals surface area contributed by atoms with Gasteiger partial charge in [-0.1, -0.05) is 48.5 Å². The molecule has 0 unspecified atom stereocenters. The van der Waals surface area contributed by atoms with Gasteiger partial charge in [0.15, 0.2) is 5.11 Å². The lowest BCUT2D eigenvalue weighted by Gasteiger charge is -2.08. The molecule has 7 heteroatoms. The zero-order chi connectivity index (χ0) is 19.2. The molecule has 0 fully saturated rings. The fourth-order valence-corrected chi connectivity index (χ4v) is 2.94. The Morgan fingerprint density at radius 3 is 2.37 bits per heavy atom. The summed E-state index contributed by atoms with van der Waals surface area (Å²) >= 11 is 5.20. The molecule has 27 heavy (non-hydrogen) atoms. The zero-order valence-corrected chi connectivity index (χ0v) is 16.0. The highest BCUT2D eigenvalue weighted by molar-refractivity contribution is 7.80. The van der Waals surface area contributed by atoms with E-state index in [-0.39, 0.29) is 5.56 Å². The van der Waals surface area contributed by atoms with Crippen molar-refractivity contribution in [3.63, 3.8) is 0 Å². The minimum Gasteiger partial charge on any atom is -0.362 e. The van der Waals surface area contributed by atoms with Crippen molar-refractivity contribution in [2.24, 2.45) is 5.10 Å². The van der Waals surface area contributed by atoms with Crippen LogP contribution in [0.15, 0.2) is 70.6 Å². The van der Waals surface area contributed by atoms with Gasteiger partial charge in [-0.15, -0.1) is 0 Å². The van der Waals surface area contributed by atoms with Gasteiger partial charge in [0, 0.05) is 17.8 Å². The van der Waals surface area contributed by atoms with Crippen LogP contribution in [-0.2, 0) is 0 Å². The summed E-state index contributed by atoms with van der Waals surface area (Å²) < 4.78 is 1.52. The second kappa shape index (κ2) is 8.46. The number of aromatic amines is 1. The number of aryl methyl sites for hydroxylation is 1. The van der Waals surface area contributed by atoms with E-state index < -0.39 is 0 Å². The number of thiocarbonyl (C=S) groups is 1. The lowest BCUT2D eigenvalue weighted by Crippen LogP contribution is -2.33. The highest BCUT2D eigenvalue weighted by Crippen LogP contribution is 2.13. The van der Waals surface area contributed by atoms with Gasteiger partial charge in [0.05, 0.1) is 11.3 Å². The fourth-order valence-electron chi connectivity index (χ4n) is 2.75. The molecule has 3 N–H and O–H groups in total. The summed E-state index contributed by atoms with van der Waals surface area (Å²) in [6.45, 7) is 4.49. The fraction of sp³-hybridized carbons (Fsp3) is 0.150. The molecule has 6 nitrogen and oxygen atoms in total. The minimum absolute atomic E-state index is 0.169. The first-order valence-electron chi connectivity index (χ1n) is 8.66. The number of para-hydroxylation sites is 1. The van der Waals surface area contributed by atoms with E-state index in [1.165, 1.54) is 4.68 Å². The molecule has 0 aliphatic heterocycles. The number of benzene rings is 2. The number of H-pyrrole nitrogens is 1. The first kappa shape index (κ1) is 18.6. The average molecular weight is 379 g/mol. The normalized spacial score (nSPS) is 11.3. The Morgan fingerprint density at radius 2 is 1.74 bits per heavy atom. The third-order valence-corrected chi connectivity index (χ3v) is 4.21. The van der Waals surface area contributed by atoms with E-state index in [2.05, 4.69) is 20.9 Å². The minimum atomic E-state index is -0.169. The van der Waals surface area contributed by atoms with Crippen molar-refractivity contribution in [1.29, 1.82) is 0 Å². The van der Waals surface area contributed by atoms with E-state index in [1.54, 1.807) is 0 Å². The van der Waals surface area contributed by atoms with Crippen molar-refractivity contribution in [1.82, 2.24) is 20.5 Å². The Balaban J connectivity index is 2.11. The van der Waals surface area contributed by atoms with Crippen molar-refractivity contribution < 1.29 is 0 Å². The van der Waals surface area contributed by atoms with Crippen molar-refractivity contribution >= 4 is 23.0 Å². The van der Waals surface area contributed by atoms with Crippen LogP contribution in [0.3, 0.4) is 0 Å². The quantitative estimate of drug-likeness (QED) is 0.362. The Kier molecular flexibility index (Phi) is 5.83. The maximum Gasteiger partial charge on any atom is 0.281 e. The molecular weight excluding hydrogens is 358 g/mol. The molecule has 1 heterocycles. The summed E-state index contributed by atoms with van der Waals surface area (Å²) in [5.41, 5.74) is 6.00. The Labute approximate surface area is 162 Å². The van der Waals surface area contributed by atoms with E-state index in [0.717, 1.165) is 16.9 Å². The Morgan fingerprint density at radius 1 is 1.11 bits per heavy atom. The summed E-state index contributed by atoms with van der Waals surface area (Å²) in [6, 6.07) is 19.0. The standard InChI is InChI=1S/C20H21N5OS/c1-3-21-20(27)23-22-18(15-10-6-4-7-11-15)17-14(2)24-25(19(17)26)16-12-8-5-9-13-16/h4-13,24H,3H2,1-2H3,(H2,21,23,27)/b22-18+. The molecule has 1 aromatic heterocycles. The van der Waals surface area contributed by atoms with Crippen molar-refractivity contribution in [2.75, 3.05) is 6.54 Å². The maximum absolute atomic E-state index is 13.2. The molecule has 2 aromatic carbocycles. The van der Waals surface area contributed by atoms with Gasteiger partial charge in [0.2, 0.25) is 0 Å². The van der Waals surface area contributed by atoms with Crippen LogP contribution in [0.2, 0.25) is 0 Å². The smallest absolute Gasteiger partial charge is 0.281 e. The predicted molar refractivity (Wildman–Crippen MR) is 113 cm³/mol. The van der Waals surface area contributed by atoms with E-state index >= 15 is 0 Å². The second-order valence-corrected chi connectivity index (χ2v) is 6.29. The summed E-state index contributed by atoms with van der Waals surface area (Å²) in [4.78, 5) is 13.2. The number of aromatic nitrogens is 2. The monoisotopic (exact) mass is 379 g/mol. The van der Waals surface area contributed by atoms with E-state index in [1.807, 2.05) is 74.5 Å². The van der Waals surface area contributed by atoms with E-state index in [4.69, 9.17) is 12.2 Å². The number of nitrogens with zero attached hydrogens (tertiary/aromatic N) is 2. The molecule has 0 saturated carbocycles. The SMILES string of the molecule is CCNC(=S)N/N=C(\c1ccccc1)c1c(C)[nH]n(-c2ccccc2)c1=O. The molecule has 3 aromatic rings. The topological polar surface area (TPSA) is 74.2 Å². The summed E-state index contributed by atoms with van der Waals surface area (Å²) in [5, 5.41) is 11.0. The van der Waals surface area contributed by atoms with Gasteiger partial charge in [0.25, 0.3) is 5.56 Å². The molecule has 0 saturated heterocycles. The number of hydrogen-bond donors (Lipinski definition) is 3. The maximum atomic E-state index is 13.2. The average Bonchev–Trinajstić information content (AvgIpc) is 2.99. The molecule has 0 aliphatic rings. The molecular formula is C20H21N5OS. The molecule has 0 spiro atoms. The van der Waals surface area contributed by atoms with Crippen molar-refractivity contribution in [3.8, 4) is 5.69 Å². The van der Waals surface area contributed by atoms with Crippen molar-refractivity contribution in [3.05, 3.63) is 87.8 Å². The van der Waals surface area contributed by atoms with Crippen LogP contribution in [0.25, 0.3) is 5.69 Å². The Hall–Kier alpha value is -3.19. The van der Waals surface area contributed by atoms with Gasteiger partial charge in [-0.2, -0.15) is 5.10 Å². The van der Waals surface area contributed by atoms with Crippen LogP contribution >= 0.6 is 12.2 Å². The van der Waals surface area contributed by atoms with Gasteiger partial charge in [0.1, 0.15) is 5.71 Å². The van der Waals surface area contributed by atoms with Crippen LogP contribution in [0.1, 0.15) is 23.7 Å². The van der Waals surface area contributed by atoms with Crippen LogP contribution in [0.4, 0.5) is 0 Å². The number of nitrogens with one attached hydrogen (secondary N) is 3.